The molecule has 1 N–H and O–H groups in total. The monoisotopic (exact) mass is 285 g/mol. The second-order valence-corrected chi connectivity index (χ2v) is 4.80. The van der Waals surface area contributed by atoms with Crippen LogP contribution in [0.4, 0.5) is 11.5 Å². The lowest BCUT2D eigenvalue weighted by Crippen LogP contribution is -2.17. The van der Waals surface area contributed by atoms with Gasteiger partial charge in [-0.3, -0.25) is 4.79 Å². The summed E-state index contributed by atoms with van der Waals surface area (Å²) in [4.78, 5) is 18.4. The van der Waals surface area contributed by atoms with Crippen molar-refractivity contribution < 1.29 is 14.3 Å². The number of pyridine rings is 1. The molecule has 0 unspecified atom stereocenters. The summed E-state index contributed by atoms with van der Waals surface area (Å²) in [5, 5.41) is 2.80. The largest absolute Gasteiger partial charge is 0.454 e. The average Bonchev–Trinajstić information content (AvgIpc) is 2.95. The Bertz CT molecular complexity index is 686. The van der Waals surface area contributed by atoms with E-state index in [1.807, 2.05) is 25.1 Å². The van der Waals surface area contributed by atoms with Gasteiger partial charge in [0.15, 0.2) is 11.5 Å². The summed E-state index contributed by atoms with van der Waals surface area (Å²) in [5.41, 5.74) is 1.00. The van der Waals surface area contributed by atoms with Gasteiger partial charge in [-0.1, -0.05) is 6.07 Å². The highest BCUT2D eigenvalue weighted by Gasteiger charge is 2.15. The van der Waals surface area contributed by atoms with E-state index in [0.29, 0.717) is 22.9 Å². The zero-order valence-electron chi connectivity index (χ0n) is 11.8. The standard InChI is InChI=1S/C15H15N3O3/c1-18(2)14-5-3-4-11(17-14)15(19)16-10-6-7-12-13(8-10)21-9-20-12/h3-8H,9H2,1-2H3,(H,16,19). The van der Waals surface area contributed by atoms with Gasteiger partial charge in [0.1, 0.15) is 11.5 Å². The number of ether oxygens (including phenoxy) is 2. The van der Waals surface area contributed by atoms with Crippen molar-refractivity contribution in [2.75, 3.05) is 31.1 Å². The molecule has 1 aromatic carbocycles. The molecule has 1 aliphatic rings. The van der Waals surface area contributed by atoms with E-state index in [2.05, 4.69) is 10.3 Å². The number of anilines is 2. The predicted molar refractivity (Wildman–Crippen MR) is 79.1 cm³/mol. The fourth-order valence-corrected chi connectivity index (χ4v) is 1.97. The minimum absolute atomic E-state index is 0.208. The lowest BCUT2D eigenvalue weighted by atomic mass is 10.2. The van der Waals surface area contributed by atoms with E-state index in [-0.39, 0.29) is 12.7 Å². The SMILES string of the molecule is CN(C)c1cccc(C(=O)Nc2ccc3c(c2)OCO3)n1. The van der Waals surface area contributed by atoms with E-state index < -0.39 is 0 Å². The number of nitrogens with zero attached hydrogens (tertiary/aromatic N) is 2. The molecule has 0 aliphatic carbocycles. The molecule has 21 heavy (non-hydrogen) atoms. The highest BCUT2D eigenvalue weighted by atomic mass is 16.7. The maximum Gasteiger partial charge on any atom is 0.274 e. The normalized spacial score (nSPS) is 12.1. The first-order valence-corrected chi connectivity index (χ1v) is 6.49. The fraction of sp³-hybridized carbons (Fsp3) is 0.200. The molecular weight excluding hydrogens is 270 g/mol. The maximum absolute atomic E-state index is 12.2. The number of carbonyl (C=O) groups excluding carboxylic acids is 1. The summed E-state index contributed by atoms with van der Waals surface area (Å²) in [5.74, 6) is 1.77. The van der Waals surface area contributed by atoms with Gasteiger partial charge >= 0.3 is 0 Å². The minimum Gasteiger partial charge on any atom is -0.454 e. The van der Waals surface area contributed by atoms with Gasteiger partial charge in [-0.15, -0.1) is 0 Å². The van der Waals surface area contributed by atoms with Crippen molar-refractivity contribution in [2.24, 2.45) is 0 Å². The second kappa shape index (κ2) is 5.32. The number of hydrogen-bond donors (Lipinski definition) is 1. The van der Waals surface area contributed by atoms with Crippen molar-refractivity contribution in [1.29, 1.82) is 0 Å². The van der Waals surface area contributed by atoms with Crippen LogP contribution in [0.15, 0.2) is 36.4 Å². The number of carbonyl (C=O) groups is 1. The average molecular weight is 285 g/mol. The van der Waals surface area contributed by atoms with E-state index in [0.717, 1.165) is 5.82 Å². The highest BCUT2D eigenvalue weighted by Crippen LogP contribution is 2.34. The molecule has 1 aromatic heterocycles. The Labute approximate surface area is 122 Å². The smallest absolute Gasteiger partial charge is 0.274 e. The first-order valence-electron chi connectivity index (χ1n) is 6.49. The van der Waals surface area contributed by atoms with Crippen LogP contribution < -0.4 is 19.7 Å². The topological polar surface area (TPSA) is 63.7 Å². The van der Waals surface area contributed by atoms with Crippen molar-refractivity contribution in [3.63, 3.8) is 0 Å². The van der Waals surface area contributed by atoms with E-state index in [1.54, 1.807) is 30.3 Å². The van der Waals surface area contributed by atoms with Crippen molar-refractivity contribution in [2.45, 2.75) is 0 Å². The van der Waals surface area contributed by atoms with Gasteiger partial charge in [-0.25, -0.2) is 4.98 Å². The molecule has 0 atom stereocenters. The summed E-state index contributed by atoms with van der Waals surface area (Å²) >= 11 is 0. The highest BCUT2D eigenvalue weighted by molar-refractivity contribution is 6.03. The van der Waals surface area contributed by atoms with Crippen LogP contribution in [0.5, 0.6) is 11.5 Å². The van der Waals surface area contributed by atoms with E-state index in [4.69, 9.17) is 9.47 Å². The molecule has 0 saturated carbocycles. The minimum atomic E-state index is -0.266. The van der Waals surface area contributed by atoms with Crippen LogP contribution in [-0.4, -0.2) is 31.8 Å². The van der Waals surface area contributed by atoms with Crippen molar-refractivity contribution in [3.05, 3.63) is 42.1 Å². The lowest BCUT2D eigenvalue weighted by molar-refractivity contribution is 0.102. The van der Waals surface area contributed by atoms with Crippen molar-refractivity contribution >= 4 is 17.4 Å². The Morgan fingerprint density at radius 3 is 2.81 bits per heavy atom. The van der Waals surface area contributed by atoms with Crippen LogP contribution in [-0.2, 0) is 0 Å². The van der Waals surface area contributed by atoms with Crippen LogP contribution in [0.2, 0.25) is 0 Å². The molecule has 2 heterocycles. The van der Waals surface area contributed by atoms with Crippen LogP contribution in [0.3, 0.4) is 0 Å². The zero-order chi connectivity index (χ0) is 14.8. The van der Waals surface area contributed by atoms with Gasteiger partial charge in [-0.2, -0.15) is 0 Å². The van der Waals surface area contributed by atoms with E-state index in [1.165, 1.54) is 0 Å². The molecule has 1 amide bonds. The Hall–Kier alpha value is -2.76. The number of amides is 1. The zero-order valence-corrected chi connectivity index (χ0v) is 11.8. The first kappa shape index (κ1) is 13.2. The fourth-order valence-electron chi connectivity index (χ4n) is 1.97. The molecule has 0 radical (unpaired) electrons. The Kier molecular flexibility index (Phi) is 3.35. The number of benzene rings is 1. The van der Waals surface area contributed by atoms with E-state index in [9.17, 15) is 4.79 Å². The number of rotatable bonds is 3. The lowest BCUT2D eigenvalue weighted by Gasteiger charge is -2.12. The quantitative estimate of drug-likeness (QED) is 0.936. The van der Waals surface area contributed by atoms with Gasteiger partial charge in [0.25, 0.3) is 5.91 Å². The van der Waals surface area contributed by atoms with Gasteiger partial charge in [0, 0.05) is 25.8 Å². The molecule has 2 aromatic rings. The summed E-state index contributed by atoms with van der Waals surface area (Å²) in [6.45, 7) is 0.208. The molecule has 0 spiro atoms. The number of aromatic nitrogens is 1. The number of hydrogen-bond acceptors (Lipinski definition) is 5. The number of nitrogens with one attached hydrogen (secondary N) is 1. The Morgan fingerprint density at radius 2 is 2.00 bits per heavy atom. The molecule has 0 fully saturated rings. The third-order valence-electron chi connectivity index (χ3n) is 3.06. The molecular formula is C15H15N3O3. The van der Waals surface area contributed by atoms with Gasteiger partial charge in [0.2, 0.25) is 6.79 Å². The van der Waals surface area contributed by atoms with Crippen molar-refractivity contribution in [1.82, 2.24) is 4.98 Å². The third kappa shape index (κ3) is 2.74. The Balaban J connectivity index is 1.78. The molecule has 0 bridgehead atoms. The Morgan fingerprint density at radius 1 is 1.19 bits per heavy atom. The van der Waals surface area contributed by atoms with Gasteiger partial charge < -0.3 is 19.7 Å². The summed E-state index contributed by atoms with van der Waals surface area (Å²) in [6, 6.07) is 10.6. The second-order valence-electron chi connectivity index (χ2n) is 4.80. The summed E-state index contributed by atoms with van der Waals surface area (Å²) < 4.78 is 10.5. The molecule has 6 nitrogen and oxygen atoms in total. The third-order valence-corrected chi connectivity index (χ3v) is 3.06. The van der Waals surface area contributed by atoms with Crippen LogP contribution in [0.25, 0.3) is 0 Å². The maximum atomic E-state index is 12.2. The van der Waals surface area contributed by atoms with Crippen LogP contribution in [0, 0.1) is 0 Å². The van der Waals surface area contributed by atoms with E-state index >= 15 is 0 Å². The molecule has 1 aliphatic heterocycles. The van der Waals surface area contributed by atoms with Gasteiger partial charge in [-0.05, 0) is 24.3 Å². The number of fused-ring (bicyclic) bond motifs is 1. The van der Waals surface area contributed by atoms with Crippen molar-refractivity contribution in [3.8, 4) is 11.5 Å². The van der Waals surface area contributed by atoms with Crippen LogP contribution >= 0.6 is 0 Å². The van der Waals surface area contributed by atoms with Crippen LogP contribution in [0.1, 0.15) is 10.5 Å². The molecule has 108 valence electrons. The molecule has 6 heteroatoms. The molecule has 3 rings (SSSR count). The predicted octanol–water partition coefficient (Wildman–Crippen LogP) is 2.13. The summed E-state index contributed by atoms with van der Waals surface area (Å²) in [6.07, 6.45) is 0. The summed E-state index contributed by atoms with van der Waals surface area (Å²) in [7, 11) is 3.75. The molecule has 0 saturated heterocycles. The first-order chi connectivity index (χ1) is 10.1. The van der Waals surface area contributed by atoms with Gasteiger partial charge in [0.05, 0.1) is 0 Å².